The minimum atomic E-state index is -0.775. The van der Waals surface area contributed by atoms with Crippen LogP contribution in [0.4, 0.5) is 0 Å². The summed E-state index contributed by atoms with van der Waals surface area (Å²) in [5, 5.41) is 3.57. The molecule has 3 fully saturated rings. The molecule has 0 radical (unpaired) electrons. The fourth-order valence-electron chi connectivity index (χ4n) is 8.91. The summed E-state index contributed by atoms with van der Waals surface area (Å²) in [5.74, 6) is -0.996. The first-order valence-corrected chi connectivity index (χ1v) is 16.4. The van der Waals surface area contributed by atoms with E-state index in [1.54, 1.807) is 0 Å². The number of nitrogens with one attached hydrogen (secondary N) is 1. The largest absolute Gasteiger partial charge is 0.468 e. The lowest BCUT2D eigenvalue weighted by Crippen LogP contribution is -2.63. The van der Waals surface area contributed by atoms with Gasteiger partial charge in [-0.25, -0.2) is 4.79 Å². The molecule has 45 heavy (non-hydrogen) atoms. The monoisotopic (exact) mass is 613 g/mol. The molecule has 8 atom stereocenters. The predicted octanol–water partition coefficient (Wildman–Crippen LogP) is 6.28. The number of hydrogen-bond acceptors (Lipinski definition) is 7. The highest BCUT2D eigenvalue weighted by molar-refractivity contribution is 5.92. The summed E-state index contributed by atoms with van der Waals surface area (Å²) >= 11 is 0. The number of benzene rings is 2. The molecule has 2 aromatic rings. The molecule has 4 aliphatic rings. The third kappa shape index (κ3) is 5.91. The van der Waals surface area contributed by atoms with Crippen molar-refractivity contribution in [3.05, 3.63) is 95.6 Å². The molecular formula is C38H47NO6. The van der Waals surface area contributed by atoms with E-state index in [0.29, 0.717) is 30.9 Å². The summed E-state index contributed by atoms with van der Waals surface area (Å²) in [6.07, 6.45) is 6.84. The molecule has 2 aromatic carbocycles. The standard InChI is InChI=1S/C38H47NO6/c1-25-16-17-32-36(2,20-18-33-37(32,3)24-44-38(4,45-33)27-14-10-7-11-15-27)29(25)23-30(28-19-21-43-34(28)40)39-31(35(41)42-5)22-26-12-8-6-9-13-26/h6-15,19,29-33,39H,1,16-18,20-24H2,2-5H3/t29-,30?,31?,32+,33-,36+,37+,38?/m1/s1. The van der Waals surface area contributed by atoms with Gasteiger partial charge in [-0.3, -0.25) is 10.1 Å². The summed E-state index contributed by atoms with van der Waals surface area (Å²) < 4.78 is 24.1. The van der Waals surface area contributed by atoms with Gasteiger partial charge in [-0.15, -0.1) is 0 Å². The third-order valence-electron chi connectivity index (χ3n) is 11.4. The Balaban J connectivity index is 1.27. The number of allylic oxidation sites excluding steroid dienone is 1. The molecule has 0 aromatic heterocycles. The zero-order valence-corrected chi connectivity index (χ0v) is 27.1. The normalized spacial score (nSPS) is 34.1. The molecule has 6 rings (SSSR count). The van der Waals surface area contributed by atoms with Crippen molar-refractivity contribution >= 4 is 11.9 Å². The van der Waals surface area contributed by atoms with Gasteiger partial charge in [-0.1, -0.05) is 86.7 Å². The lowest BCUT2D eigenvalue weighted by Gasteiger charge is -2.64. The lowest BCUT2D eigenvalue weighted by atomic mass is 9.45. The summed E-state index contributed by atoms with van der Waals surface area (Å²) in [6, 6.07) is 19.1. The van der Waals surface area contributed by atoms with Crippen molar-refractivity contribution in [3.63, 3.8) is 0 Å². The second kappa shape index (κ2) is 12.5. The maximum atomic E-state index is 13.1. The van der Waals surface area contributed by atoms with Crippen LogP contribution in [0, 0.1) is 22.7 Å². The van der Waals surface area contributed by atoms with Crippen molar-refractivity contribution < 1.29 is 28.5 Å². The number of ether oxygens (including phenoxy) is 4. The van der Waals surface area contributed by atoms with Crippen LogP contribution in [0.25, 0.3) is 0 Å². The number of fused-ring (bicyclic) bond motifs is 3. The Morgan fingerprint density at radius 3 is 2.42 bits per heavy atom. The number of carbonyl (C=O) groups excluding carboxylic acids is 2. The molecule has 0 amide bonds. The van der Waals surface area contributed by atoms with Crippen LogP contribution in [-0.2, 0) is 40.7 Å². The molecule has 240 valence electrons. The quantitative estimate of drug-likeness (QED) is 0.263. The highest BCUT2D eigenvalue weighted by Gasteiger charge is 2.62. The molecule has 3 unspecified atom stereocenters. The minimum Gasteiger partial charge on any atom is -0.468 e. The van der Waals surface area contributed by atoms with Crippen molar-refractivity contribution in [2.24, 2.45) is 22.7 Å². The molecule has 7 nitrogen and oxygen atoms in total. The van der Waals surface area contributed by atoms with Crippen LogP contribution in [0.3, 0.4) is 0 Å². The number of rotatable bonds is 9. The molecule has 2 saturated carbocycles. The lowest BCUT2D eigenvalue weighted by molar-refractivity contribution is -0.359. The molecule has 0 spiro atoms. The smallest absolute Gasteiger partial charge is 0.335 e. The van der Waals surface area contributed by atoms with E-state index in [9.17, 15) is 9.59 Å². The van der Waals surface area contributed by atoms with Crippen LogP contribution in [0.15, 0.2) is 84.5 Å². The average molecular weight is 614 g/mol. The van der Waals surface area contributed by atoms with Crippen LogP contribution < -0.4 is 5.32 Å². The Morgan fingerprint density at radius 1 is 1.04 bits per heavy atom. The first kappa shape index (κ1) is 31.7. The maximum Gasteiger partial charge on any atom is 0.335 e. The molecule has 2 aliphatic carbocycles. The van der Waals surface area contributed by atoms with E-state index in [-0.39, 0.29) is 41.4 Å². The van der Waals surface area contributed by atoms with E-state index in [4.69, 9.17) is 18.9 Å². The fraction of sp³-hybridized carbons (Fsp3) is 0.526. The number of carbonyl (C=O) groups is 2. The molecule has 1 saturated heterocycles. The van der Waals surface area contributed by atoms with Gasteiger partial charge < -0.3 is 18.9 Å². The van der Waals surface area contributed by atoms with Crippen molar-refractivity contribution in [2.75, 3.05) is 20.3 Å². The van der Waals surface area contributed by atoms with Gasteiger partial charge in [-0.2, -0.15) is 0 Å². The zero-order chi connectivity index (χ0) is 31.8. The number of methoxy groups -OCH3 is 1. The minimum absolute atomic E-state index is 0.0672. The Hall–Kier alpha value is -3.26. The third-order valence-corrected chi connectivity index (χ3v) is 11.4. The molecule has 1 N–H and O–H groups in total. The van der Waals surface area contributed by atoms with E-state index in [1.807, 2.05) is 61.5 Å². The molecule has 2 heterocycles. The second-order valence-corrected chi connectivity index (χ2v) is 14.0. The van der Waals surface area contributed by atoms with E-state index < -0.39 is 17.9 Å². The highest BCUT2D eigenvalue weighted by atomic mass is 16.7. The van der Waals surface area contributed by atoms with Crippen LogP contribution in [0.2, 0.25) is 0 Å². The maximum absolute atomic E-state index is 13.1. The fourth-order valence-corrected chi connectivity index (χ4v) is 8.91. The van der Waals surface area contributed by atoms with E-state index in [2.05, 4.69) is 37.9 Å². The summed E-state index contributed by atoms with van der Waals surface area (Å²) in [4.78, 5) is 26.1. The van der Waals surface area contributed by atoms with Crippen LogP contribution in [0.5, 0.6) is 0 Å². The SMILES string of the molecule is C=C1CC[C@@H]2[C@]3(C)COC(C)(c4ccccc4)O[C@@H]3CC[C@@]2(C)[C@@H]1CC(NC(Cc1ccccc1)C(=O)OC)C1=CCOC1=O. The Bertz CT molecular complexity index is 1440. The van der Waals surface area contributed by atoms with Gasteiger partial charge in [0, 0.05) is 17.0 Å². The summed E-state index contributed by atoms with van der Waals surface area (Å²) in [6.45, 7) is 12.2. The first-order valence-electron chi connectivity index (χ1n) is 16.4. The number of esters is 2. The first-order chi connectivity index (χ1) is 21.6. The molecule has 2 aliphatic heterocycles. The zero-order valence-electron chi connectivity index (χ0n) is 27.1. The summed E-state index contributed by atoms with van der Waals surface area (Å²) in [5.41, 5.74) is 3.59. The number of cyclic esters (lactones) is 1. The summed E-state index contributed by atoms with van der Waals surface area (Å²) in [7, 11) is 1.41. The Labute approximate surface area is 267 Å². The van der Waals surface area contributed by atoms with Crippen molar-refractivity contribution in [1.29, 1.82) is 0 Å². The highest BCUT2D eigenvalue weighted by Crippen LogP contribution is 2.64. The topological polar surface area (TPSA) is 83.1 Å². The van der Waals surface area contributed by atoms with E-state index in [0.717, 1.165) is 36.8 Å². The van der Waals surface area contributed by atoms with E-state index in [1.165, 1.54) is 12.7 Å². The molecular weight excluding hydrogens is 566 g/mol. The van der Waals surface area contributed by atoms with Crippen LogP contribution in [-0.4, -0.2) is 50.4 Å². The van der Waals surface area contributed by atoms with Gasteiger partial charge in [0.25, 0.3) is 0 Å². The Kier molecular flexibility index (Phi) is 8.81. The van der Waals surface area contributed by atoms with Gasteiger partial charge in [0.15, 0.2) is 5.79 Å². The van der Waals surface area contributed by atoms with Gasteiger partial charge >= 0.3 is 11.9 Å². The van der Waals surface area contributed by atoms with Crippen LogP contribution in [0.1, 0.15) is 64.0 Å². The van der Waals surface area contributed by atoms with E-state index >= 15 is 0 Å². The molecule has 7 heteroatoms. The number of hydrogen-bond donors (Lipinski definition) is 1. The van der Waals surface area contributed by atoms with Crippen molar-refractivity contribution in [1.82, 2.24) is 5.32 Å². The predicted molar refractivity (Wildman–Crippen MR) is 172 cm³/mol. The average Bonchev–Trinajstić information content (AvgIpc) is 3.48. The van der Waals surface area contributed by atoms with Crippen molar-refractivity contribution in [2.45, 2.75) is 83.3 Å². The van der Waals surface area contributed by atoms with Gasteiger partial charge in [0.1, 0.15) is 12.6 Å². The van der Waals surface area contributed by atoms with Crippen molar-refractivity contribution in [3.8, 4) is 0 Å². The Morgan fingerprint density at radius 2 is 1.76 bits per heavy atom. The second-order valence-electron chi connectivity index (χ2n) is 14.0. The van der Waals surface area contributed by atoms with Crippen LogP contribution >= 0.6 is 0 Å². The van der Waals surface area contributed by atoms with Gasteiger partial charge in [0.2, 0.25) is 0 Å². The van der Waals surface area contributed by atoms with Gasteiger partial charge in [0.05, 0.1) is 25.4 Å². The molecule has 0 bridgehead atoms. The van der Waals surface area contributed by atoms with Gasteiger partial charge in [-0.05, 0) is 74.3 Å².